The van der Waals surface area contributed by atoms with E-state index in [0.29, 0.717) is 18.4 Å². The summed E-state index contributed by atoms with van der Waals surface area (Å²) < 4.78 is 23.3. The number of carbonyl (C=O) groups is 10. The Labute approximate surface area is 506 Å². The number of ketones is 1. The summed E-state index contributed by atoms with van der Waals surface area (Å²) >= 11 is 0. The van der Waals surface area contributed by atoms with Gasteiger partial charge in [-0.25, -0.2) is 14.4 Å². The van der Waals surface area contributed by atoms with Gasteiger partial charge in [0.15, 0.2) is 0 Å². The van der Waals surface area contributed by atoms with E-state index in [1.807, 2.05) is 27.7 Å². The number of Topliss-reactive ketones (excluding diaryl/α,β-unsaturated/α-hetero) is 1. The van der Waals surface area contributed by atoms with Gasteiger partial charge in [-0.15, -0.1) is 0 Å². The lowest BCUT2D eigenvalue weighted by Crippen LogP contribution is -2.59. The molecule has 10 atom stereocenters. The molecular formula is C63H96N8O15. The first-order valence-electron chi connectivity index (χ1n) is 31.1. The molecule has 3 aliphatic carbocycles. The number of likely N-dealkylation sites (N-methyl/N-ethyl adjacent to an activating group) is 1. The summed E-state index contributed by atoms with van der Waals surface area (Å²) in [6.45, 7) is 18.1. The number of carboxylic acid groups (broad SMARTS) is 1. The quantitative estimate of drug-likeness (QED) is 0.0960. The van der Waals surface area contributed by atoms with Crippen LogP contribution in [-0.4, -0.2) is 178 Å². The van der Waals surface area contributed by atoms with Crippen LogP contribution in [0.15, 0.2) is 30.3 Å². The third-order valence-corrected chi connectivity index (χ3v) is 17.5. The average molecular weight is 1210 g/mol. The number of amides is 8. The van der Waals surface area contributed by atoms with Crippen molar-refractivity contribution in [3.8, 4) is 0 Å². The molecule has 3 saturated carbocycles. The zero-order chi connectivity index (χ0) is 63.2. The van der Waals surface area contributed by atoms with Crippen molar-refractivity contribution in [3.05, 3.63) is 35.9 Å². The molecule has 23 heteroatoms. The summed E-state index contributed by atoms with van der Waals surface area (Å²) in [6, 6.07) is 2.79. The first kappa shape index (κ1) is 67.2. The normalized spacial score (nSPS) is 25.7. The van der Waals surface area contributed by atoms with Crippen LogP contribution in [0.3, 0.4) is 0 Å². The highest BCUT2D eigenvalue weighted by Gasteiger charge is 2.58. The van der Waals surface area contributed by atoms with Crippen LogP contribution in [0.5, 0.6) is 0 Å². The Balaban J connectivity index is 0.000000296. The van der Waals surface area contributed by atoms with Crippen molar-refractivity contribution in [2.75, 3.05) is 33.7 Å². The molecule has 0 spiro atoms. The molecule has 4 saturated heterocycles. The number of aliphatic carboxylic acids is 1. The number of nitrogens with one attached hydrogen (secondary N) is 5. The Kier molecular flexibility index (Phi) is 21.7. The summed E-state index contributed by atoms with van der Waals surface area (Å²) in [5.41, 5.74) is -1.86. The van der Waals surface area contributed by atoms with Gasteiger partial charge in [0.25, 0.3) is 5.91 Å². The standard InChI is InChI=1S/C41H60N6O9.C22H36N2O6/c1-40(2,3)56-39(54)45-32(26-16-12-9-13-17-26)38(53)47-23-29-27(21-41(4,5)55-29)33(47)35(50)43-28(20-24-18-19-24)34(49)36(51)42-22-30(48)44-31(37(52)46(6)7)25-14-10-8-11-15-25;1-21(2,3)30-20(28)23-16(13-9-7-6-8-10-13)18(25)24-12-15-14(17(24)19(26)27)11-22(4,5)29-15/h8,10-11,14-15,24,26-29,31-33H,9,12-13,16-23H2,1-7H3,(H,42,51)(H,43,50)(H,44,48)(H,45,54);13-17H,6-12H2,1-5H3,(H,23,28)(H,26,27)/t27-,28?,29?,31-,32-,33-;14-,15?,16-,17-/m00/s1. The number of carbonyl (C=O) groups excluding carboxylic acids is 9. The highest BCUT2D eigenvalue weighted by Crippen LogP contribution is 2.45. The summed E-state index contributed by atoms with van der Waals surface area (Å²) in [7, 11) is 3.13. The second kappa shape index (κ2) is 27.8. The molecular weight excluding hydrogens is 1110 g/mol. The van der Waals surface area contributed by atoms with Crippen molar-refractivity contribution in [2.45, 2.75) is 236 Å². The van der Waals surface area contributed by atoms with Gasteiger partial charge in [0, 0.05) is 39.0 Å². The predicted octanol–water partition coefficient (Wildman–Crippen LogP) is 5.71. The van der Waals surface area contributed by atoms with Gasteiger partial charge in [-0.2, -0.15) is 0 Å². The van der Waals surface area contributed by atoms with Gasteiger partial charge in [0.1, 0.15) is 41.4 Å². The van der Waals surface area contributed by atoms with Gasteiger partial charge in [0.05, 0.1) is 36.0 Å². The first-order valence-corrected chi connectivity index (χ1v) is 31.1. The third kappa shape index (κ3) is 17.9. The monoisotopic (exact) mass is 1200 g/mol. The van der Waals surface area contributed by atoms with E-state index in [1.165, 1.54) is 14.7 Å². The number of nitrogens with zero attached hydrogens (tertiary/aromatic N) is 3. The number of likely N-dealkylation sites (tertiary alicyclic amines) is 2. The Hall–Kier alpha value is -6.36. The first-order chi connectivity index (χ1) is 40.2. The van der Waals surface area contributed by atoms with E-state index in [1.54, 1.807) is 86.0 Å². The maximum atomic E-state index is 14.6. The highest BCUT2D eigenvalue weighted by atomic mass is 16.6. The van der Waals surface area contributed by atoms with Crippen molar-refractivity contribution in [2.24, 2.45) is 29.6 Å². The molecule has 8 rings (SSSR count). The van der Waals surface area contributed by atoms with E-state index in [-0.39, 0.29) is 67.0 Å². The zero-order valence-corrected chi connectivity index (χ0v) is 52.6. The molecule has 4 heterocycles. The molecule has 0 aromatic heterocycles. The molecule has 7 fully saturated rings. The number of carboxylic acids is 1. The van der Waals surface area contributed by atoms with E-state index < -0.39 is 119 Å². The van der Waals surface area contributed by atoms with Gasteiger partial charge in [0.2, 0.25) is 35.3 Å². The fourth-order valence-corrected chi connectivity index (χ4v) is 13.6. The van der Waals surface area contributed by atoms with Crippen LogP contribution in [0.4, 0.5) is 9.59 Å². The minimum Gasteiger partial charge on any atom is -0.480 e. The molecule has 3 unspecified atom stereocenters. The SMILES string of the molecule is CC(C)(C)OC(=O)N[C@H](C(=O)N1CC2OC(C)(C)C[C@@H]2[C@H]1C(=O)O)C1CCCCC1.CN(C)C(=O)[C@@H](NC(=O)CNC(=O)C(=O)C(CC1CC1)NC(=O)[C@@H]1[C@H]2CC(C)(C)OC2CN1C(=O)[C@@H](NC(=O)OC(C)(C)C)C1CCCCC1)c1ccccc1. The number of rotatable bonds is 18. The van der Waals surface area contributed by atoms with E-state index >= 15 is 0 Å². The second-order valence-electron chi connectivity index (χ2n) is 28.3. The van der Waals surface area contributed by atoms with Gasteiger partial charge in [-0.3, -0.25) is 33.6 Å². The van der Waals surface area contributed by atoms with E-state index in [0.717, 1.165) is 77.0 Å². The summed E-state index contributed by atoms with van der Waals surface area (Å²) in [5.74, 6) is -6.04. The Morgan fingerprint density at radius 3 is 1.52 bits per heavy atom. The van der Waals surface area contributed by atoms with Crippen LogP contribution in [0.25, 0.3) is 0 Å². The molecule has 8 amide bonds. The number of hydrogen-bond donors (Lipinski definition) is 6. The summed E-state index contributed by atoms with van der Waals surface area (Å²) in [5, 5.41) is 23.4. The minimum absolute atomic E-state index is 0.0222. The van der Waals surface area contributed by atoms with Gasteiger partial charge >= 0.3 is 18.2 Å². The van der Waals surface area contributed by atoms with Crippen molar-refractivity contribution in [3.63, 3.8) is 0 Å². The molecule has 4 aliphatic heterocycles. The molecule has 0 bridgehead atoms. The zero-order valence-electron chi connectivity index (χ0n) is 52.6. The van der Waals surface area contributed by atoms with E-state index in [2.05, 4.69) is 26.6 Å². The topological polar surface area (TPSA) is 298 Å². The van der Waals surface area contributed by atoms with Gasteiger partial charge in [-0.05, 0) is 138 Å². The summed E-state index contributed by atoms with van der Waals surface area (Å²) in [4.78, 5) is 137. The molecule has 1 aromatic carbocycles. The van der Waals surface area contributed by atoms with Crippen molar-refractivity contribution < 1.29 is 72.0 Å². The van der Waals surface area contributed by atoms with Crippen LogP contribution < -0.4 is 26.6 Å². The summed E-state index contributed by atoms with van der Waals surface area (Å²) in [6.07, 6.45) is 9.94. The van der Waals surface area contributed by atoms with E-state index in [9.17, 15) is 53.1 Å². The van der Waals surface area contributed by atoms with Crippen LogP contribution in [0.2, 0.25) is 0 Å². The molecule has 478 valence electrons. The maximum Gasteiger partial charge on any atom is 0.408 e. The maximum absolute atomic E-state index is 14.6. The fraction of sp³-hybridized carbons (Fsp3) is 0.746. The molecule has 23 nitrogen and oxygen atoms in total. The Morgan fingerprint density at radius 1 is 0.640 bits per heavy atom. The lowest BCUT2D eigenvalue weighted by molar-refractivity contribution is -0.151. The lowest BCUT2D eigenvalue weighted by Gasteiger charge is -2.36. The van der Waals surface area contributed by atoms with E-state index in [4.69, 9.17) is 18.9 Å². The number of fused-ring (bicyclic) bond motifs is 2. The smallest absolute Gasteiger partial charge is 0.408 e. The number of hydrogen-bond acceptors (Lipinski definition) is 14. The highest BCUT2D eigenvalue weighted by molar-refractivity contribution is 6.38. The fourth-order valence-electron chi connectivity index (χ4n) is 13.6. The van der Waals surface area contributed by atoms with Crippen LogP contribution in [-0.2, 0) is 57.3 Å². The molecule has 1 aromatic rings. The number of ether oxygens (including phenoxy) is 4. The molecule has 0 radical (unpaired) electrons. The minimum atomic E-state index is -1.20. The predicted molar refractivity (Wildman–Crippen MR) is 316 cm³/mol. The van der Waals surface area contributed by atoms with Gasteiger partial charge < -0.3 is 65.3 Å². The largest absolute Gasteiger partial charge is 0.480 e. The molecule has 6 N–H and O–H groups in total. The Morgan fingerprint density at radius 2 is 1.09 bits per heavy atom. The van der Waals surface area contributed by atoms with Crippen molar-refractivity contribution in [1.29, 1.82) is 0 Å². The van der Waals surface area contributed by atoms with Crippen molar-refractivity contribution in [1.82, 2.24) is 41.3 Å². The Bertz CT molecular complexity index is 2640. The van der Waals surface area contributed by atoms with Crippen LogP contribution in [0.1, 0.15) is 177 Å². The second-order valence-corrected chi connectivity index (χ2v) is 28.3. The third-order valence-electron chi connectivity index (χ3n) is 17.5. The molecule has 86 heavy (non-hydrogen) atoms. The number of alkyl carbamates (subject to hydrolysis) is 2. The van der Waals surface area contributed by atoms with Crippen LogP contribution >= 0.6 is 0 Å². The molecule has 7 aliphatic rings. The van der Waals surface area contributed by atoms with Crippen molar-refractivity contribution >= 4 is 59.4 Å². The average Bonchev–Trinajstić information content (AvgIpc) is 1.79. The number of benzene rings is 1. The van der Waals surface area contributed by atoms with Gasteiger partial charge in [-0.1, -0.05) is 81.7 Å². The van der Waals surface area contributed by atoms with Crippen LogP contribution in [0, 0.1) is 29.6 Å². The lowest BCUT2D eigenvalue weighted by atomic mass is 9.83.